The summed E-state index contributed by atoms with van der Waals surface area (Å²) in [5, 5.41) is 0. The van der Waals surface area contributed by atoms with E-state index in [-0.39, 0.29) is 0 Å². The smallest absolute Gasteiger partial charge is 0.0229 e. The van der Waals surface area contributed by atoms with E-state index in [1.807, 2.05) is 0 Å². The van der Waals surface area contributed by atoms with E-state index < -0.39 is 0 Å². The molecule has 12 spiro atoms. The Bertz CT molecular complexity index is 1050. The molecule has 0 aromatic carbocycles. The molecule has 0 aromatic heterocycles. The maximum atomic E-state index is 4.74. The van der Waals surface area contributed by atoms with Crippen molar-refractivity contribution in [2.24, 2.45) is 65.0 Å². The van der Waals surface area contributed by atoms with Crippen LogP contribution in [0, 0.1) is 65.0 Å². The van der Waals surface area contributed by atoms with Crippen LogP contribution in [0.2, 0.25) is 0 Å². The minimum absolute atomic E-state index is 0.766. The van der Waals surface area contributed by atoms with E-state index in [1.54, 1.807) is 103 Å². The molecule has 0 N–H and O–H groups in total. The van der Waals surface area contributed by atoms with E-state index >= 15 is 0 Å². The van der Waals surface area contributed by atoms with Crippen LogP contribution in [0.1, 0.15) is 103 Å². The fourth-order valence-electron chi connectivity index (χ4n) is 17.3. The van der Waals surface area contributed by atoms with Crippen LogP contribution in [-0.2, 0) is 0 Å². The van der Waals surface area contributed by atoms with Gasteiger partial charge < -0.3 is 0 Å². The fourth-order valence-corrected chi connectivity index (χ4v) is 17.3. The van der Waals surface area contributed by atoms with Gasteiger partial charge in [0.2, 0.25) is 0 Å². The van der Waals surface area contributed by atoms with Crippen LogP contribution in [0.25, 0.3) is 0 Å². The van der Waals surface area contributed by atoms with Gasteiger partial charge in [0.25, 0.3) is 0 Å². The molecule has 0 saturated heterocycles. The van der Waals surface area contributed by atoms with Crippen molar-refractivity contribution in [3.8, 4) is 0 Å². The highest BCUT2D eigenvalue weighted by atomic mass is 15.2. The quantitative estimate of drug-likeness (QED) is 0.394. The summed E-state index contributed by atoms with van der Waals surface area (Å²) >= 11 is 0. The van der Waals surface area contributed by atoms with Crippen LogP contribution in [0.4, 0.5) is 0 Å². The van der Waals surface area contributed by atoms with Crippen LogP contribution in [0.15, 0.2) is 16.9 Å². The maximum absolute atomic E-state index is 4.74. The first kappa shape index (κ1) is 14.0. The predicted molar refractivity (Wildman–Crippen MR) is 114 cm³/mol. The molecule has 0 radical (unpaired) electrons. The van der Waals surface area contributed by atoms with Gasteiger partial charge in [-0.3, -0.25) is 0 Å². The molecular formula is C31H32. The highest BCUT2D eigenvalue weighted by Gasteiger charge is 3.23. The number of hydrogen-bond donors (Lipinski definition) is 0. The molecular weight excluding hydrogens is 372 g/mol. The second kappa shape index (κ2) is 2.69. The third-order valence-electron chi connectivity index (χ3n) is 17.9. The van der Waals surface area contributed by atoms with Crippen LogP contribution >= 0.6 is 0 Å². The van der Waals surface area contributed by atoms with Crippen molar-refractivity contribution in [1.82, 2.24) is 0 Å². The SMILES string of the molecule is C(=C1C2(C3(CC3)C23CC3)C12C1(CC1)C21CC1)=C1C2(C3(CC3)C23CC3)C12C1(CC1)C21CC1. The maximum Gasteiger partial charge on any atom is 0.0229 e. The molecule has 14 saturated carbocycles. The van der Waals surface area contributed by atoms with Gasteiger partial charge in [-0.05, 0) is 157 Å². The topological polar surface area (TPSA) is 0 Å². The van der Waals surface area contributed by atoms with Gasteiger partial charge in [0.15, 0.2) is 0 Å². The first-order valence-corrected chi connectivity index (χ1v) is 14.7. The fraction of sp³-hybridized carbons (Fsp3) is 0.903. The number of fused-ring (bicyclic) bond motifs is 14. The summed E-state index contributed by atoms with van der Waals surface area (Å²) in [6, 6.07) is 0. The van der Waals surface area contributed by atoms with Gasteiger partial charge in [-0.1, -0.05) is 0 Å². The second-order valence-electron chi connectivity index (χ2n) is 16.5. The Labute approximate surface area is 184 Å². The Balaban J connectivity index is 1.12. The molecule has 156 valence electrons. The molecule has 14 fully saturated rings. The molecule has 14 rings (SSSR count). The minimum Gasteiger partial charge on any atom is -0.120 e. The summed E-state index contributed by atoms with van der Waals surface area (Å²) in [7, 11) is 0. The largest absolute Gasteiger partial charge is 0.120 e. The van der Waals surface area contributed by atoms with Crippen molar-refractivity contribution < 1.29 is 0 Å². The van der Waals surface area contributed by atoms with Crippen molar-refractivity contribution in [3.63, 3.8) is 0 Å². The third-order valence-corrected chi connectivity index (χ3v) is 17.9. The van der Waals surface area contributed by atoms with E-state index in [9.17, 15) is 0 Å². The summed E-state index contributed by atoms with van der Waals surface area (Å²) in [4.78, 5) is 0. The van der Waals surface area contributed by atoms with Crippen LogP contribution < -0.4 is 0 Å². The summed E-state index contributed by atoms with van der Waals surface area (Å²) in [5.41, 5.74) is 18.8. The molecule has 0 heterocycles. The lowest BCUT2D eigenvalue weighted by Gasteiger charge is -1.89. The van der Waals surface area contributed by atoms with Crippen LogP contribution in [0.3, 0.4) is 0 Å². The Morgan fingerprint density at radius 2 is 0.452 bits per heavy atom. The number of rotatable bonds is 0. The zero-order valence-electron chi connectivity index (χ0n) is 18.8. The van der Waals surface area contributed by atoms with Crippen molar-refractivity contribution >= 4 is 0 Å². The van der Waals surface area contributed by atoms with Gasteiger partial charge in [-0.2, -0.15) is 0 Å². The third kappa shape index (κ3) is 0.679. The lowest BCUT2D eigenvalue weighted by molar-refractivity contribution is 0.535. The first-order chi connectivity index (χ1) is 15.1. The Kier molecular flexibility index (Phi) is 1.22. The lowest BCUT2D eigenvalue weighted by atomic mass is 10.1. The molecule has 0 heteroatoms. The number of hydrogen-bond acceptors (Lipinski definition) is 0. The van der Waals surface area contributed by atoms with Crippen molar-refractivity contribution in [3.05, 3.63) is 16.9 Å². The molecule has 31 heavy (non-hydrogen) atoms. The molecule has 14 aliphatic carbocycles. The lowest BCUT2D eigenvalue weighted by Crippen LogP contribution is -1.89. The molecule has 0 aromatic rings. The highest BCUT2D eigenvalue weighted by molar-refractivity contribution is 5.84. The summed E-state index contributed by atoms with van der Waals surface area (Å²) in [6.45, 7) is 0. The van der Waals surface area contributed by atoms with Crippen molar-refractivity contribution in [2.45, 2.75) is 103 Å². The van der Waals surface area contributed by atoms with E-state index in [0.29, 0.717) is 0 Å². The Hall–Kier alpha value is -0.480. The second-order valence-corrected chi connectivity index (χ2v) is 16.5. The van der Waals surface area contributed by atoms with E-state index in [2.05, 4.69) is 11.1 Å². The Morgan fingerprint density at radius 1 is 0.290 bits per heavy atom. The summed E-state index contributed by atoms with van der Waals surface area (Å²) in [6.07, 6.45) is 26.0. The normalized spacial score (nSPS) is 52.0. The minimum atomic E-state index is 0.766. The van der Waals surface area contributed by atoms with E-state index in [4.69, 9.17) is 5.73 Å². The van der Waals surface area contributed by atoms with Gasteiger partial charge in [-0.25, -0.2) is 0 Å². The molecule has 0 bridgehead atoms. The number of allylic oxidation sites excluding steroid dienone is 1. The average molecular weight is 405 g/mol. The standard InChI is InChI=1S/C31H32/c1-2-20(1)21(3-4-21)28(20)18(29(28)22(5-6-22)23(29)7-8-23)17-19-30(24(9-10-24)25(30)11-12-25)31(19)26(13-14-26)27(31)15-16-27/h1-16H2. The predicted octanol–water partition coefficient (Wildman–Crippen LogP) is 6.71. The van der Waals surface area contributed by atoms with E-state index in [0.717, 1.165) is 65.0 Å². The van der Waals surface area contributed by atoms with Gasteiger partial charge >= 0.3 is 0 Å². The van der Waals surface area contributed by atoms with Gasteiger partial charge in [0.05, 0.1) is 0 Å². The molecule has 14 aliphatic rings. The van der Waals surface area contributed by atoms with Crippen molar-refractivity contribution in [1.29, 1.82) is 0 Å². The molecule has 0 atom stereocenters. The van der Waals surface area contributed by atoms with Crippen molar-refractivity contribution in [2.75, 3.05) is 0 Å². The molecule has 0 aliphatic heterocycles. The first-order valence-electron chi connectivity index (χ1n) is 14.7. The zero-order valence-corrected chi connectivity index (χ0v) is 18.8. The molecule has 0 unspecified atom stereocenters. The molecule has 0 amide bonds. The van der Waals surface area contributed by atoms with Gasteiger partial charge in [0.1, 0.15) is 0 Å². The Morgan fingerprint density at radius 3 is 0.581 bits per heavy atom. The summed E-state index contributed by atoms with van der Waals surface area (Å²) in [5.74, 6) is 0. The molecule has 0 nitrogen and oxygen atoms in total. The zero-order chi connectivity index (χ0) is 19.2. The highest BCUT2D eigenvalue weighted by Crippen LogP contribution is 3.28. The average Bonchev–Trinajstić information content (AvgIpc) is 3.55. The van der Waals surface area contributed by atoms with Gasteiger partial charge in [0, 0.05) is 21.7 Å². The van der Waals surface area contributed by atoms with Crippen LogP contribution in [0.5, 0.6) is 0 Å². The van der Waals surface area contributed by atoms with Gasteiger partial charge in [-0.15, -0.1) is 5.73 Å². The van der Waals surface area contributed by atoms with E-state index in [1.165, 1.54) is 0 Å². The van der Waals surface area contributed by atoms with Crippen LogP contribution in [-0.4, -0.2) is 0 Å². The monoisotopic (exact) mass is 404 g/mol. The summed E-state index contributed by atoms with van der Waals surface area (Å²) < 4.78 is 0.